The molecule has 1 aliphatic rings. The van der Waals surface area contributed by atoms with Crippen LogP contribution in [0.3, 0.4) is 0 Å². The van der Waals surface area contributed by atoms with Gasteiger partial charge in [-0.25, -0.2) is 4.68 Å². The van der Waals surface area contributed by atoms with Gasteiger partial charge in [0.2, 0.25) is 5.91 Å². The van der Waals surface area contributed by atoms with E-state index in [1.54, 1.807) is 6.20 Å². The molecule has 0 spiro atoms. The zero-order chi connectivity index (χ0) is 16.2. The Labute approximate surface area is 133 Å². The second kappa shape index (κ2) is 6.60. The molecule has 3 rings (SSSR count). The largest absolute Gasteiger partial charge is 0.481 e. The quantitative estimate of drug-likeness (QED) is 0.867. The van der Waals surface area contributed by atoms with Crippen molar-refractivity contribution in [2.75, 3.05) is 0 Å². The van der Waals surface area contributed by atoms with E-state index in [4.69, 9.17) is 5.11 Å². The van der Waals surface area contributed by atoms with Crippen LogP contribution in [0.1, 0.15) is 19.3 Å². The van der Waals surface area contributed by atoms with Crippen molar-refractivity contribution in [2.45, 2.75) is 31.8 Å². The Bertz CT molecular complexity index is 698. The molecule has 2 N–H and O–H groups in total. The van der Waals surface area contributed by atoms with Crippen LogP contribution in [0.25, 0.3) is 11.3 Å². The van der Waals surface area contributed by atoms with E-state index in [0.717, 1.165) is 5.56 Å². The molecule has 1 aromatic carbocycles. The van der Waals surface area contributed by atoms with Gasteiger partial charge in [0, 0.05) is 11.6 Å². The minimum Gasteiger partial charge on any atom is -0.481 e. The molecule has 7 heteroatoms. The van der Waals surface area contributed by atoms with Crippen molar-refractivity contribution in [1.29, 1.82) is 0 Å². The molecule has 0 radical (unpaired) electrons. The highest BCUT2D eigenvalue weighted by Crippen LogP contribution is 2.25. The monoisotopic (exact) mass is 314 g/mol. The summed E-state index contributed by atoms with van der Waals surface area (Å²) in [4.78, 5) is 23.0. The zero-order valence-electron chi connectivity index (χ0n) is 12.6. The normalized spacial score (nSPS) is 20.3. The first-order chi connectivity index (χ1) is 11.1. The van der Waals surface area contributed by atoms with Crippen LogP contribution in [0, 0.1) is 5.92 Å². The Hall–Kier alpha value is -2.70. The molecule has 23 heavy (non-hydrogen) atoms. The van der Waals surface area contributed by atoms with Gasteiger partial charge in [-0.15, -0.1) is 5.10 Å². The van der Waals surface area contributed by atoms with E-state index in [1.807, 2.05) is 30.3 Å². The van der Waals surface area contributed by atoms with E-state index in [0.29, 0.717) is 25.0 Å². The van der Waals surface area contributed by atoms with Gasteiger partial charge in [-0.1, -0.05) is 35.5 Å². The third kappa shape index (κ3) is 3.74. The Kier molecular flexibility index (Phi) is 4.36. The number of carboxylic acids is 1. The van der Waals surface area contributed by atoms with E-state index in [9.17, 15) is 9.59 Å². The van der Waals surface area contributed by atoms with E-state index in [-0.39, 0.29) is 24.4 Å². The predicted octanol–water partition coefficient (Wildman–Crippen LogP) is 1.31. The van der Waals surface area contributed by atoms with Gasteiger partial charge < -0.3 is 10.4 Å². The number of amides is 1. The molecule has 2 aromatic rings. The number of benzene rings is 1. The minimum absolute atomic E-state index is 0.0688. The summed E-state index contributed by atoms with van der Waals surface area (Å²) in [5.41, 5.74) is 1.66. The van der Waals surface area contributed by atoms with Crippen LogP contribution in [0.15, 0.2) is 36.5 Å². The second-order valence-electron chi connectivity index (χ2n) is 5.78. The Balaban J connectivity index is 1.55. The average molecular weight is 314 g/mol. The van der Waals surface area contributed by atoms with Crippen molar-refractivity contribution < 1.29 is 14.7 Å². The maximum absolute atomic E-state index is 12.0. The molecule has 1 saturated carbocycles. The van der Waals surface area contributed by atoms with E-state index in [1.165, 1.54) is 4.68 Å². The summed E-state index contributed by atoms with van der Waals surface area (Å²) < 4.78 is 1.49. The smallest absolute Gasteiger partial charge is 0.306 e. The molecule has 0 saturated heterocycles. The lowest BCUT2D eigenvalue weighted by Gasteiger charge is -2.12. The summed E-state index contributed by atoms with van der Waals surface area (Å²) in [6, 6.07) is 9.55. The summed E-state index contributed by atoms with van der Waals surface area (Å²) >= 11 is 0. The van der Waals surface area contributed by atoms with Gasteiger partial charge in [0.25, 0.3) is 0 Å². The third-order valence-corrected chi connectivity index (χ3v) is 4.06. The SMILES string of the molecule is O=C(Cn1cc(-c2ccccc2)nn1)N[C@H]1CC[C@@H](C(=O)O)C1. The second-order valence-corrected chi connectivity index (χ2v) is 5.78. The number of nitrogens with one attached hydrogen (secondary N) is 1. The number of aliphatic carboxylic acids is 1. The summed E-state index contributed by atoms with van der Waals surface area (Å²) in [5.74, 6) is -1.31. The summed E-state index contributed by atoms with van der Waals surface area (Å²) in [7, 11) is 0. The highest BCUT2D eigenvalue weighted by atomic mass is 16.4. The topological polar surface area (TPSA) is 97.1 Å². The Morgan fingerprint density at radius 2 is 2.04 bits per heavy atom. The average Bonchev–Trinajstić information content (AvgIpc) is 3.18. The van der Waals surface area contributed by atoms with Crippen molar-refractivity contribution in [1.82, 2.24) is 20.3 Å². The number of nitrogens with zero attached hydrogens (tertiary/aromatic N) is 3. The van der Waals surface area contributed by atoms with Crippen molar-refractivity contribution in [3.8, 4) is 11.3 Å². The fourth-order valence-electron chi connectivity index (χ4n) is 2.87. The van der Waals surface area contributed by atoms with Crippen LogP contribution in [-0.2, 0) is 16.1 Å². The number of carbonyl (C=O) groups is 2. The highest BCUT2D eigenvalue weighted by Gasteiger charge is 2.30. The van der Waals surface area contributed by atoms with Crippen LogP contribution in [-0.4, -0.2) is 38.0 Å². The number of carbonyl (C=O) groups excluding carboxylic acids is 1. The first-order valence-electron chi connectivity index (χ1n) is 7.59. The molecule has 0 aliphatic heterocycles. The van der Waals surface area contributed by atoms with Crippen molar-refractivity contribution in [2.24, 2.45) is 5.92 Å². The lowest BCUT2D eigenvalue weighted by atomic mass is 10.1. The lowest BCUT2D eigenvalue weighted by Crippen LogP contribution is -2.35. The van der Waals surface area contributed by atoms with Crippen molar-refractivity contribution >= 4 is 11.9 Å². The van der Waals surface area contributed by atoms with Gasteiger partial charge in [-0.2, -0.15) is 0 Å². The molecule has 0 bridgehead atoms. The summed E-state index contributed by atoms with van der Waals surface area (Å²) in [6.45, 7) is 0.0775. The van der Waals surface area contributed by atoms with Crippen molar-refractivity contribution in [3.05, 3.63) is 36.5 Å². The number of hydrogen-bond donors (Lipinski definition) is 2. The van der Waals surface area contributed by atoms with E-state index < -0.39 is 5.97 Å². The number of rotatable bonds is 5. The van der Waals surface area contributed by atoms with Crippen molar-refractivity contribution in [3.63, 3.8) is 0 Å². The molecular weight excluding hydrogens is 296 g/mol. The molecule has 0 unspecified atom stereocenters. The van der Waals surface area contributed by atoms with E-state index >= 15 is 0 Å². The van der Waals surface area contributed by atoms with Gasteiger partial charge in [-0.05, 0) is 19.3 Å². The molecular formula is C16H18N4O3. The molecule has 2 atom stereocenters. The minimum atomic E-state index is -0.787. The standard InChI is InChI=1S/C16H18N4O3/c21-15(17-13-7-6-12(8-13)16(22)23)10-20-9-14(18-19-20)11-4-2-1-3-5-11/h1-5,9,12-13H,6-8,10H2,(H,17,21)(H,22,23)/t12-,13+/m1/s1. The van der Waals surface area contributed by atoms with Crippen LogP contribution in [0.2, 0.25) is 0 Å². The molecule has 7 nitrogen and oxygen atoms in total. The first kappa shape index (κ1) is 15.2. The Morgan fingerprint density at radius 3 is 2.74 bits per heavy atom. The molecule has 1 aliphatic carbocycles. The van der Waals surface area contributed by atoms with Gasteiger partial charge in [-0.3, -0.25) is 9.59 Å². The Morgan fingerprint density at radius 1 is 1.26 bits per heavy atom. The van der Waals surface area contributed by atoms with Gasteiger partial charge in [0.05, 0.1) is 12.1 Å². The molecule has 1 fully saturated rings. The number of carboxylic acid groups (broad SMARTS) is 1. The fourth-order valence-corrected chi connectivity index (χ4v) is 2.87. The number of aromatic nitrogens is 3. The third-order valence-electron chi connectivity index (χ3n) is 4.06. The van der Waals surface area contributed by atoms with Gasteiger partial charge in [0.15, 0.2) is 0 Å². The van der Waals surface area contributed by atoms with Crippen LogP contribution < -0.4 is 5.32 Å². The van der Waals surface area contributed by atoms with Gasteiger partial charge >= 0.3 is 5.97 Å². The maximum Gasteiger partial charge on any atom is 0.306 e. The summed E-state index contributed by atoms with van der Waals surface area (Å²) in [5, 5.41) is 19.9. The molecule has 1 heterocycles. The van der Waals surface area contributed by atoms with Gasteiger partial charge in [0.1, 0.15) is 12.2 Å². The lowest BCUT2D eigenvalue weighted by molar-refractivity contribution is -0.141. The zero-order valence-corrected chi connectivity index (χ0v) is 12.6. The van der Waals surface area contributed by atoms with Crippen LogP contribution in [0.5, 0.6) is 0 Å². The molecule has 1 amide bonds. The molecule has 1 aromatic heterocycles. The fraction of sp³-hybridized carbons (Fsp3) is 0.375. The highest BCUT2D eigenvalue weighted by molar-refractivity contribution is 5.76. The first-order valence-corrected chi connectivity index (χ1v) is 7.59. The van der Waals surface area contributed by atoms with E-state index in [2.05, 4.69) is 15.6 Å². The van der Waals surface area contributed by atoms with Crippen LogP contribution in [0.4, 0.5) is 0 Å². The predicted molar refractivity (Wildman–Crippen MR) is 82.4 cm³/mol. The number of hydrogen-bond acceptors (Lipinski definition) is 4. The molecule has 120 valence electrons. The van der Waals surface area contributed by atoms with Crippen LogP contribution >= 0.6 is 0 Å². The summed E-state index contributed by atoms with van der Waals surface area (Å²) in [6.07, 6.45) is 3.54. The maximum atomic E-state index is 12.0.